The van der Waals surface area contributed by atoms with Gasteiger partial charge < -0.3 is 33.5 Å². The van der Waals surface area contributed by atoms with Crippen LogP contribution in [0.15, 0.2) is 0 Å². The molecule has 0 aromatic heterocycles. The summed E-state index contributed by atoms with van der Waals surface area (Å²) in [6.07, 6.45) is 7.40. The summed E-state index contributed by atoms with van der Waals surface area (Å²) in [4.78, 5) is 73.3. The molecule has 0 aliphatic carbocycles. The van der Waals surface area contributed by atoms with Crippen molar-refractivity contribution in [2.75, 3.05) is 39.9 Å². The zero-order valence-electron chi connectivity index (χ0n) is 29.8. The molecule has 3 aliphatic rings. The third kappa shape index (κ3) is 17.0. The van der Waals surface area contributed by atoms with E-state index in [1.165, 1.54) is 0 Å². The van der Waals surface area contributed by atoms with Gasteiger partial charge in [0, 0.05) is 45.2 Å². The Balaban J connectivity index is 0.00000119. The van der Waals surface area contributed by atoms with Gasteiger partial charge in [-0.15, -0.1) is 0 Å². The Morgan fingerprint density at radius 2 is 1.34 bits per heavy atom. The molecule has 3 rings (SSSR count). The third-order valence-corrected chi connectivity index (χ3v) is 8.06. The van der Waals surface area contributed by atoms with Crippen LogP contribution >= 0.6 is 0 Å². The quantitative estimate of drug-likeness (QED) is 0.108. The summed E-state index contributed by atoms with van der Waals surface area (Å²) in [7, 11) is 0. The molecular formula is C34H60N2O11. The lowest BCUT2D eigenvalue weighted by atomic mass is 10.0. The maximum atomic E-state index is 12.6. The molecule has 272 valence electrons. The lowest BCUT2D eigenvalue weighted by Crippen LogP contribution is -2.41. The van der Waals surface area contributed by atoms with Gasteiger partial charge in [-0.3, -0.25) is 24.0 Å². The van der Waals surface area contributed by atoms with Crippen LogP contribution in [-0.2, 0) is 52.5 Å². The Labute approximate surface area is 281 Å². The Kier molecular flexibility index (Phi) is 25.0. The van der Waals surface area contributed by atoms with Crippen molar-refractivity contribution >= 4 is 36.2 Å². The first-order valence-electron chi connectivity index (χ1n) is 17.4. The predicted molar refractivity (Wildman–Crippen MR) is 174 cm³/mol. The fourth-order valence-corrected chi connectivity index (χ4v) is 5.18. The van der Waals surface area contributed by atoms with Gasteiger partial charge in [0.1, 0.15) is 6.04 Å². The Morgan fingerprint density at radius 3 is 1.89 bits per heavy atom. The second-order valence-corrected chi connectivity index (χ2v) is 11.1. The van der Waals surface area contributed by atoms with Crippen LogP contribution in [0.2, 0.25) is 0 Å². The summed E-state index contributed by atoms with van der Waals surface area (Å²) in [6.45, 7) is 15.7. The van der Waals surface area contributed by atoms with Crippen LogP contribution in [-0.4, -0.2) is 98.0 Å². The van der Waals surface area contributed by atoms with Gasteiger partial charge in [-0.1, -0.05) is 41.5 Å². The number of rotatable bonds is 14. The van der Waals surface area contributed by atoms with E-state index in [1.807, 2.05) is 39.5 Å². The van der Waals surface area contributed by atoms with Gasteiger partial charge in [0.2, 0.25) is 25.4 Å². The van der Waals surface area contributed by atoms with E-state index in [1.54, 1.807) is 11.8 Å². The number of esters is 3. The van der Waals surface area contributed by atoms with E-state index in [0.29, 0.717) is 70.7 Å². The van der Waals surface area contributed by atoms with Crippen LogP contribution in [0.1, 0.15) is 119 Å². The molecule has 3 heterocycles. The van der Waals surface area contributed by atoms with Crippen molar-refractivity contribution in [1.82, 2.24) is 9.80 Å². The van der Waals surface area contributed by atoms with Gasteiger partial charge in [0.25, 0.3) is 6.47 Å². The van der Waals surface area contributed by atoms with Gasteiger partial charge in [-0.2, -0.15) is 0 Å². The molecule has 0 aromatic carbocycles. The average Bonchev–Trinajstić information content (AvgIpc) is 3.78. The molecule has 0 saturated carbocycles. The molecule has 13 nitrogen and oxygen atoms in total. The van der Waals surface area contributed by atoms with Crippen LogP contribution < -0.4 is 0 Å². The van der Waals surface area contributed by atoms with Crippen molar-refractivity contribution in [1.29, 1.82) is 0 Å². The normalized spacial score (nSPS) is 19.3. The minimum Gasteiger partial charge on any atom is -0.430 e. The number of likely N-dealkylation sites (tertiary alicyclic amines) is 2. The van der Waals surface area contributed by atoms with E-state index in [0.717, 1.165) is 32.2 Å². The van der Waals surface area contributed by atoms with Crippen LogP contribution in [0.3, 0.4) is 0 Å². The summed E-state index contributed by atoms with van der Waals surface area (Å²) in [5.74, 6) is -1.52. The molecule has 13 heteroatoms. The molecule has 3 unspecified atom stereocenters. The number of nitrogens with zero attached hydrogens (tertiary/aromatic N) is 2. The van der Waals surface area contributed by atoms with E-state index < -0.39 is 18.8 Å². The summed E-state index contributed by atoms with van der Waals surface area (Å²) < 4.78 is 24.2. The first-order chi connectivity index (χ1) is 22.7. The average molecular weight is 673 g/mol. The van der Waals surface area contributed by atoms with Gasteiger partial charge >= 0.3 is 17.9 Å². The molecule has 0 bridgehead atoms. The second-order valence-electron chi connectivity index (χ2n) is 11.1. The maximum Gasteiger partial charge on any atom is 0.331 e. The van der Waals surface area contributed by atoms with Crippen molar-refractivity contribution < 1.29 is 52.5 Å². The molecule has 3 aliphatic heterocycles. The topological polar surface area (TPSA) is 155 Å². The largest absolute Gasteiger partial charge is 0.430 e. The summed E-state index contributed by atoms with van der Waals surface area (Å²) in [5, 5.41) is 0. The van der Waals surface area contributed by atoms with E-state index >= 15 is 0 Å². The smallest absolute Gasteiger partial charge is 0.331 e. The van der Waals surface area contributed by atoms with E-state index in [4.69, 9.17) is 14.2 Å². The van der Waals surface area contributed by atoms with Crippen molar-refractivity contribution in [3.63, 3.8) is 0 Å². The molecule has 0 aromatic rings. The minimum absolute atomic E-state index is 0.0920. The highest BCUT2D eigenvalue weighted by atomic mass is 16.7. The number of carbonyl (C=O) groups excluding carboxylic acids is 6. The van der Waals surface area contributed by atoms with Crippen molar-refractivity contribution in [2.45, 2.75) is 131 Å². The zero-order valence-corrected chi connectivity index (χ0v) is 29.8. The highest BCUT2D eigenvalue weighted by Gasteiger charge is 2.35. The SMILES string of the molecule is CC.CC.CC1CCCN1C(=O)CCCCC(=O)N1CCCC1C(=O)OCOC(=O)C1CCOCC1.CCC(C)C(=O)OCOC=O. The van der Waals surface area contributed by atoms with Crippen LogP contribution in [0.25, 0.3) is 0 Å². The first kappa shape index (κ1) is 43.8. The summed E-state index contributed by atoms with van der Waals surface area (Å²) >= 11 is 0. The van der Waals surface area contributed by atoms with Gasteiger partial charge in [-0.25, -0.2) is 4.79 Å². The van der Waals surface area contributed by atoms with Crippen molar-refractivity contribution in [3.8, 4) is 0 Å². The van der Waals surface area contributed by atoms with Gasteiger partial charge in [-0.05, 0) is 64.7 Å². The number of hydrogen-bond donors (Lipinski definition) is 0. The molecule has 3 atom stereocenters. The molecule has 3 fully saturated rings. The van der Waals surface area contributed by atoms with Crippen LogP contribution in [0.4, 0.5) is 0 Å². The fraction of sp³-hybridized carbons (Fsp3) is 0.824. The van der Waals surface area contributed by atoms with Crippen molar-refractivity contribution in [3.05, 3.63) is 0 Å². The molecule has 0 radical (unpaired) electrons. The Bertz CT molecular complexity index is 924. The van der Waals surface area contributed by atoms with E-state index in [9.17, 15) is 28.8 Å². The fourth-order valence-electron chi connectivity index (χ4n) is 5.18. The van der Waals surface area contributed by atoms with Crippen molar-refractivity contribution in [2.24, 2.45) is 11.8 Å². The third-order valence-electron chi connectivity index (χ3n) is 8.06. The van der Waals surface area contributed by atoms with Crippen LogP contribution in [0.5, 0.6) is 0 Å². The first-order valence-corrected chi connectivity index (χ1v) is 17.4. The predicted octanol–water partition coefficient (Wildman–Crippen LogP) is 4.78. The Hall–Kier alpha value is -3.22. The second kappa shape index (κ2) is 26.8. The highest BCUT2D eigenvalue weighted by molar-refractivity contribution is 5.85. The van der Waals surface area contributed by atoms with E-state index in [-0.39, 0.29) is 48.9 Å². The zero-order chi connectivity index (χ0) is 35.6. The summed E-state index contributed by atoms with van der Waals surface area (Å²) in [6, 6.07) is -0.312. The molecule has 3 saturated heterocycles. The number of ether oxygens (including phenoxy) is 5. The summed E-state index contributed by atoms with van der Waals surface area (Å²) in [5.41, 5.74) is 0. The molecule has 0 N–H and O–H groups in total. The van der Waals surface area contributed by atoms with E-state index in [2.05, 4.69) is 16.4 Å². The van der Waals surface area contributed by atoms with Crippen LogP contribution in [0, 0.1) is 11.8 Å². The minimum atomic E-state index is -0.628. The standard InChI is InChI=1S/C23H36N2O7.C7H12O4.2C2H6/c1-17-6-4-12-24(17)20(26)8-2-3-9-21(27)25-13-5-7-19(25)23(29)32-16-31-22(28)18-10-14-30-15-11-18;1-3-6(2)7(9)11-5-10-4-8;2*1-2/h17-19H,2-16H2,1H3;4,6H,3,5H2,1-2H3;2*1-2H3. The highest BCUT2D eigenvalue weighted by Crippen LogP contribution is 2.22. The number of unbranched alkanes of at least 4 members (excludes halogenated alkanes) is 1. The molecule has 2 amide bonds. The monoisotopic (exact) mass is 672 g/mol. The molecular weight excluding hydrogens is 612 g/mol. The number of carbonyl (C=O) groups is 6. The lowest BCUT2D eigenvalue weighted by Gasteiger charge is -2.24. The maximum absolute atomic E-state index is 12.6. The van der Waals surface area contributed by atoms with Gasteiger partial charge in [0.05, 0.1) is 11.8 Å². The lowest BCUT2D eigenvalue weighted by molar-refractivity contribution is -0.175. The molecule has 47 heavy (non-hydrogen) atoms. The Morgan fingerprint density at radius 1 is 0.787 bits per heavy atom. The number of amides is 2. The molecule has 0 spiro atoms. The number of hydrogen-bond acceptors (Lipinski definition) is 11. The van der Waals surface area contributed by atoms with Gasteiger partial charge in [0.15, 0.2) is 0 Å².